The van der Waals surface area contributed by atoms with E-state index < -0.39 is 0 Å². The number of piperidine rings is 2. The predicted octanol–water partition coefficient (Wildman–Crippen LogP) is 2.53. The lowest BCUT2D eigenvalue weighted by molar-refractivity contribution is -0.139. The molecule has 0 aromatic heterocycles. The van der Waals surface area contributed by atoms with E-state index in [1.165, 1.54) is 0 Å². The van der Waals surface area contributed by atoms with Crippen LogP contribution in [0.5, 0.6) is 0 Å². The summed E-state index contributed by atoms with van der Waals surface area (Å²) in [5, 5.41) is 3.36. The van der Waals surface area contributed by atoms with Crippen molar-refractivity contribution in [2.45, 2.75) is 45.1 Å². The van der Waals surface area contributed by atoms with Crippen molar-refractivity contribution in [2.24, 2.45) is 5.92 Å². The highest BCUT2D eigenvalue weighted by Crippen LogP contribution is 2.22. The number of benzene rings is 1. The number of likely N-dealkylation sites (tertiary alicyclic amines) is 1. The van der Waals surface area contributed by atoms with Crippen LogP contribution in [0.25, 0.3) is 0 Å². The Morgan fingerprint density at radius 1 is 1.15 bits per heavy atom. The van der Waals surface area contributed by atoms with Crippen LogP contribution >= 0.6 is 0 Å². The zero-order valence-corrected chi connectivity index (χ0v) is 15.8. The van der Waals surface area contributed by atoms with Gasteiger partial charge in [-0.05, 0) is 50.8 Å². The Bertz CT molecular complexity index is 591. The topological polar surface area (TPSA) is 52.7 Å². The minimum absolute atomic E-state index is 0.105. The first kappa shape index (κ1) is 18.9. The molecular weight excluding hydrogens is 326 g/mol. The molecule has 0 saturated carbocycles. The summed E-state index contributed by atoms with van der Waals surface area (Å²) in [6.45, 7) is 6.26. The number of carbonyl (C=O) groups excluding carboxylic acids is 2. The molecule has 2 aliphatic heterocycles. The molecule has 0 spiro atoms. The van der Waals surface area contributed by atoms with Gasteiger partial charge in [0.1, 0.15) is 0 Å². The van der Waals surface area contributed by atoms with Gasteiger partial charge < -0.3 is 15.1 Å². The van der Waals surface area contributed by atoms with E-state index >= 15 is 0 Å². The van der Waals surface area contributed by atoms with E-state index in [2.05, 4.69) is 17.1 Å². The summed E-state index contributed by atoms with van der Waals surface area (Å²) in [4.78, 5) is 29.7. The molecule has 2 saturated heterocycles. The number of nitrogens with one attached hydrogen (secondary N) is 1. The number of carbonyl (C=O) groups is 2. The Hall–Kier alpha value is -1.88. The number of amides is 2. The molecule has 5 heteroatoms. The summed E-state index contributed by atoms with van der Waals surface area (Å²) in [5.74, 6) is 0.542. The first-order chi connectivity index (χ1) is 12.7. The number of hydrogen-bond acceptors (Lipinski definition) is 3. The van der Waals surface area contributed by atoms with Crippen LogP contribution in [0.1, 0.15) is 49.4 Å². The van der Waals surface area contributed by atoms with E-state index in [9.17, 15) is 9.59 Å². The molecule has 0 bridgehead atoms. The van der Waals surface area contributed by atoms with Crippen molar-refractivity contribution in [3.8, 4) is 0 Å². The van der Waals surface area contributed by atoms with Gasteiger partial charge in [-0.2, -0.15) is 0 Å². The normalized spacial score (nSPS) is 21.4. The van der Waals surface area contributed by atoms with Gasteiger partial charge in [-0.25, -0.2) is 0 Å². The Kier molecular flexibility index (Phi) is 6.67. The van der Waals surface area contributed by atoms with Crippen LogP contribution in [0.4, 0.5) is 0 Å². The quantitative estimate of drug-likeness (QED) is 0.881. The van der Waals surface area contributed by atoms with E-state index in [0.717, 1.165) is 70.4 Å². The number of rotatable bonds is 5. The zero-order valence-electron chi connectivity index (χ0n) is 15.8. The van der Waals surface area contributed by atoms with Gasteiger partial charge in [-0.1, -0.05) is 25.1 Å². The fourth-order valence-corrected chi connectivity index (χ4v) is 4.15. The lowest BCUT2D eigenvalue weighted by atomic mass is 9.95. The molecule has 2 heterocycles. The maximum Gasteiger partial charge on any atom is 0.253 e. The first-order valence-electron chi connectivity index (χ1n) is 10.1. The van der Waals surface area contributed by atoms with Gasteiger partial charge in [0.05, 0.1) is 5.92 Å². The van der Waals surface area contributed by atoms with Crippen molar-refractivity contribution in [3.05, 3.63) is 35.9 Å². The van der Waals surface area contributed by atoms with Crippen LogP contribution in [0, 0.1) is 5.92 Å². The van der Waals surface area contributed by atoms with Crippen LogP contribution in [0.3, 0.4) is 0 Å². The molecule has 0 radical (unpaired) electrons. The molecule has 26 heavy (non-hydrogen) atoms. The van der Waals surface area contributed by atoms with Crippen LogP contribution in [-0.4, -0.2) is 60.4 Å². The molecular formula is C21H31N3O2. The van der Waals surface area contributed by atoms with Crippen LogP contribution in [-0.2, 0) is 4.79 Å². The van der Waals surface area contributed by atoms with Crippen molar-refractivity contribution in [2.75, 3.05) is 32.7 Å². The standard InChI is InChI=1S/C21H31N3O2/c1-2-13-24(21(26)18-9-6-12-22-16-18)19-10-14-23(15-11-19)20(25)17-7-4-3-5-8-17/h3-5,7-8,18-19,22H,2,6,9-16H2,1H3. The lowest BCUT2D eigenvalue weighted by Gasteiger charge is -2.40. The summed E-state index contributed by atoms with van der Waals surface area (Å²) in [7, 11) is 0. The molecule has 5 nitrogen and oxygen atoms in total. The first-order valence-corrected chi connectivity index (χ1v) is 10.1. The molecule has 1 unspecified atom stereocenters. The Morgan fingerprint density at radius 3 is 2.50 bits per heavy atom. The van der Waals surface area contributed by atoms with Gasteiger partial charge in [0.25, 0.3) is 5.91 Å². The van der Waals surface area contributed by atoms with E-state index in [4.69, 9.17) is 0 Å². The molecule has 2 aliphatic rings. The fraction of sp³-hybridized carbons (Fsp3) is 0.619. The minimum atomic E-state index is 0.105. The highest BCUT2D eigenvalue weighted by molar-refractivity contribution is 5.94. The van der Waals surface area contributed by atoms with Crippen LogP contribution < -0.4 is 5.32 Å². The van der Waals surface area contributed by atoms with Gasteiger partial charge in [-0.3, -0.25) is 9.59 Å². The van der Waals surface area contributed by atoms with Crippen LogP contribution in [0.15, 0.2) is 30.3 Å². The number of hydrogen-bond donors (Lipinski definition) is 1. The molecule has 1 aromatic rings. The summed E-state index contributed by atoms with van der Waals surface area (Å²) in [6.07, 6.45) is 4.82. The second-order valence-corrected chi connectivity index (χ2v) is 7.46. The molecule has 1 N–H and O–H groups in total. The molecule has 1 atom stereocenters. The van der Waals surface area contributed by atoms with Crippen molar-refractivity contribution in [1.29, 1.82) is 0 Å². The third-order valence-corrected chi connectivity index (χ3v) is 5.61. The average molecular weight is 357 g/mol. The second kappa shape index (κ2) is 9.17. The molecule has 2 amide bonds. The highest BCUT2D eigenvalue weighted by Gasteiger charge is 2.33. The average Bonchev–Trinajstić information content (AvgIpc) is 2.72. The Balaban J connectivity index is 1.59. The summed E-state index contributed by atoms with van der Waals surface area (Å²) in [5.41, 5.74) is 0.751. The maximum atomic E-state index is 13.0. The predicted molar refractivity (Wildman–Crippen MR) is 103 cm³/mol. The van der Waals surface area contributed by atoms with Crippen molar-refractivity contribution < 1.29 is 9.59 Å². The van der Waals surface area contributed by atoms with Crippen molar-refractivity contribution in [3.63, 3.8) is 0 Å². The van der Waals surface area contributed by atoms with Crippen LogP contribution in [0.2, 0.25) is 0 Å². The Labute approximate surface area is 156 Å². The van der Waals surface area contributed by atoms with Gasteiger partial charge in [0, 0.05) is 37.8 Å². The fourth-order valence-electron chi connectivity index (χ4n) is 4.15. The number of nitrogens with zero attached hydrogens (tertiary/aromatic N) is 2. The monoisotopic (exact) mass is 357 g/mol. The van der Waals surface area contributed by atoms with Gasteiger partial charge in [0.2, 0.25) is 5.91 Å². The van der Waals surface area contributed by atoms with Crippen molar-refractivity contribution >= 4 is 11.8 Å². The lowest BCUT2D eigenvalue weighted by Crippen LogP contribution is -2.52. The zero-order chi connectivity index (χ0) is 18.4. The summed E-state index contributed by atoms with van der Waals surface area (Å²) < 4.78 is 0. The summed E-state index contributed by atoms with van der Waals surface area (Å²) >= 11 is 0. The SMILES string of the molecule is CCCN(C(=O)C1CCCNC1)C1CCN(C(=O)c2ccccc2)CC1. The maximum absolute atomic E-state index is 13.0. The van der Waals surface area contributed by atoms with E-state index in [0.29, 0.717) is 5.91 Å². The van der Waals surface area contributed by atoms with E-state index in [1.807, 2.05) is 35.2 Å². The minimum Gasteiger partial charge on any atom is -0.339 e. The molecule has 1 aromatic carbocycles. The summed E-state index contributed by atoms with van der Waals surface area (Å²) in [6, 6.07) is 9.75. The van der Waals surface area contributed by atoms with Crippen molar-refractivity contribution in [1.82, 2.24) is 15.1 Å². The van der Waals surface area contributed by atoms with Gasteiger partial charge >= 0.3 is 0 Å². The largest absolute Gasteiger partial charge is 0.339 e. The molecule has 142 valence electrons. The second-order valence-electron chi connectivity index (χ2n) is 7.46. The third kappa shape index (κ3) is 4.44. The van der Waals surface area contributed by atoms with E-state index in [1.54, 1.807) is 0 Å². The molecule has 3 rings (SSSR count). The molecule has 2 fully saturated rings. The molecule has 0 aliphatic carbocycles. The highest BCUT2D eigenvalue weighted by atomic mass is 16.2. The Morgan fingerprint density at radius 2 is 1.88 bits per heavy atom. The van der Waals surface area contributed by atoms with Gasteiger partial charge in [-0.15, -0.1) is 0 Å². The van der Waals surface area contributed by atoms with E-state index in [-0.39, 0.29) is 17.9 Å². The smallest absolute Gasteiger partial charge is 0.253 e. The van der Waals surface area contributed by atoms with Gasteiger partial charge in [0.15, 0.2) is 0 Å². The third-order valence-electron chi connectivity index (χ3n) is 5.61.